The Morgan fingerprint density at radius 1 is 1.00 bits per heavy atom. The molecule has 182 valence electrons. The minimum atomic E-state index is -0.147. The molecule has 1 aliphatic heterocycles. The van der Waals surface area contributed by atoms with Crippen LogP contribution in [0.1, 0.15) is 34.0 Å². The lowest BCUT2D eigenvalue weighted by molar-refractivity contribution is 0.324. The fourth-order valence-electron chi connectivity index (χ4n) is 5.05. The van der Waals surface area contributed by atoms with Crippen LogP contribution in [0.25, 0.3) is 11.8 Å². The molecule has 0 spiro atoms. The quantitative estimate of drug-likeness (QED) is 0.394. The van der Waals surface area contributed by atoms with Crippen LogP contribution in [0, 0.1) is 0 Å². The van der Waals surface area contributed by atoms with Crippen molar-refractivity contribution in [3.8, 4) is 17.2 Å². The van der Waals surface area contributed by atoms with Crippen LogP contribution in [0.5, 0.6) is 17.2 Å². The Morgan fingerprint density at radius 3 is 2.47 bits per heavy atom. The number of thiophene rings is 1. The van der Waals surface area contributed by atoms with E-state index in [-0.39, 0.29) is 11.6 Å². The van der Waals surface area contributed by atoms with Gasteiger partial charge in [0.2, 0.25) is 5.75 Å². The van der Waals surface area contributed by atoms with Gasteiger partial charge < -0.3 is 14.2 Å². The maximum atomic E-state index is 13.9. The molecule has 1 unspecified atom stereocenters. The van der Waals surface area contributed by atoms with E-state index < -0.39 is 0 Å². The standard InChI is InChI=1S/C28H24N2O4S2/c1-32-20-13-16(14-21(33-2)26(20)34-3)15-23-27(31)30-25(22-9-6-12-35-22)19-11-10-17-7-4-5-8-18(17)24(19)29-28(30)36-23/h4-9,12-15,25H,10-11H2,1-3H3/b23-15-. The van der Waals surface area contributed by atoms with Crippen LogP contribution in [-0.2, 0) is 6.42 Å². The Kier molecular flexibility index (Phi) is 5.78. The second-order valence-electron chi connectivity index (χ2n) is 8.59. The third kappa shape index (κ3) is 3.60. The van der Waals surface area contributed by atoms with Crippen LogP contribution < -0.4 is 29.1 Å². The Morgan fingerprint density at radius 2 is 1.78 bits per heavy atom. The molecular weight excluding hydrogens is 492 g/mol. The average molecular weight is 517 g/mol. The molecule has 0 saturated carbocycles. The van der Waals surface area contributed by atoms with Crippen molar-refractivity contribution in [2.45, 2.75) is 18.9 Å². The molecule has 2 aromatic heterocycles. The summed E-state index contributed by atoms with van der Waals surface area (Å²) in [4.78, 5) is 20.8. The first-order chi connectivity index (χ1) is 17.6. The van der Waals surface area contributed by atoms with Gasteiger partial charge in [0.05, 0.1) is 37.6 Å². The first-order valence-electron chi connectivity index (χ1n) is 11.6. The summed E-state index contributed by atoms with van der Waals surface area (Å²) in [6.45, 7) is 0. The van der Waals surface area contributed by atoms with Gasteiger partial charge in [-0.2, -0.15) is 0 Å². The summed E-state index contributed by atoms with van der Waals surface area (Å²) in [6.07, 6.45) is 3.70. The number of thiazole rings is 1. The number of hydrogen-bond acceptors (Lipinski definition) is 7. The molecule has 0 radical (unpaired) electrons. The predicted molar refractivity (Wildman–Crippen MR) is 143 cm³/mol. The number of allylic oxidation sites excluding steroid dienone is 1. The number of aryl methyl sites for hydroxylation is 1. The van der Waals surface area contributed by atoms with Crippen molar-refractivity contribution in [2.24, 2.45) is 4.99 Å². The van der Waals surface area contributed by atoms with Crippen LogP contribution >= 0.6 is 22.7 Å². The van der Waals surface area contributed by atoms with E-state index in [1.165, 1.54) is 28.0 Å². The van der Waals surface area contributed by atoms with Crippen LogP contribution in [0.4, 0.5) is 0 Å². The monoisotopic (exact) mass is 516 g/mol. The van der Waals surface area contributed by atoms with Crippen molar-refractivity contribution in [1.82, 2.24) is 4.57 Å². The average Bonchev–Trinajstić information content (AvgIpc) is 3.55. The number of hydrogen-bond donors (Lipinski definition) is 0. The highest BCUT2D eigenvalue weighted by Gasteiger charge is 2.33. The van der Waals surface area contributed by atoms with Crippen molar-refractivity contribution in [3.63, 3.8) is 0 Å². The maximum absolute atomic E-state index is 13.9. The normalized spacial score (nSPS) is 16.6. The lowest BCUT2D eigenvalue weighted by atomic mass is 9.85. The van der Waals surface area contributed by atoms with Crippen molar-refractivity contribution in [1.29, 1.82) is 0 Å². The van der Waals surface area contributed by atoms with Gasteiger partial charge in [0, 0.05) is 10.4 Å². The zero-order valence-corrected chi connectivity index (χ0v) is 21.7. The first-order valence-corrected chi connectivity index (χ1v) is 13.3. The summed E-state index contributed by atoms with van der Waals surface area (Å²) in [5, 5.41) is 2.07. The van der Waals surface area contributed by atoms with Crippen LogP contribution in [0.2, 0.25) is 0 Å². The second kappa shape index (κ2) is 9.11. The zero-order chi connectivity index (χ0) is 24.8. The highest BCUT2D eigenvalue weighted by molar-refractivity contribution is 7.10. The van der Waals surface area contributed by atoms with Crippen LogP contribution in [0.15, 0.2) is 69.3 Å². The third-order valence-electron chi connectivity index (χ3n) is 6.67. The Hall–Kier alpha value is -3.62. The van der Waals surface area contributed by atoms with Gasteiger partial charge in [0.15, 0.2) is 16.3 Å². The van der Waals surface area contributed by atoms with Gasteiger partial charge in [-0.3, -0.25) is 9.36 Å². The number of nitrogens with zero attached hydrogens (tertiary/aromatic N) is 2. The van der Waals surface area contributed by atoms with E-state index in [0.717, 1.165) is 29.0 Å². The van der Waals surface area contributed by atoms with Crippen molar-refractivity contribution < 1.29 is 14.2 Å². The number of benzene rings is 2. The molecule has 4 aromatic rings. The van der Waals surface area contributed by atoms with Crippen LogP contribution in [-0.4, -0.2) is 25.9 Å². The predicted octanol–water partition coefficient (Wildman–Crippen LogP) is 4.41. The Bertz CT molecular complexity index is 1650. The smallest absolute Gasteiger partial charge is 0.271 e. The molecular formula is C28H24N2O4S2. The molecule has 2 aliphatic rings. The number of ether oxygens (including phenoxy) is 3. The van der Waals surface area contributed by atoms with E-state index in [4.69, 9.17) is 19.2 Å². The first kappa shape index (κ1) is 22.8. The Balaban J connectivity index is 1.58. The minimum Gasteiger partial charge on any atom is -0.493 e. The lowest BCUT2D eigenvalue weighted by Crippen LogP contribution is -2.38. The molecule has 6 rings (SSSR count). The van der Waals surface area contributed by atoms with E-state index in [0.29, 0.717) is 26.6 Å². The summed E-state index contributed by atoms with van der Waals surface area (Å²) in [5.41, 5.74) is 5.44. The molecule has 0 fully saturated rings. The lowest BCUT2D eigenvalue weighted by Gasteiger charge is -2.30. The topological polar surface area (TPSA) is 62.1 Å². The molecule has 0 N–H and O–H groups in total. The maximum Gasteiger partial charge on any atom is 0.271 e. The molecule has 0 bridgehead atoms. The summed E-state index contributed by atoms with van der Waals surface area (Å²) in [6, 6.07) is 16.2. The van der Waals surface area contributed by atoms with Gasteiger partial charge in [0.1, 0.15) is 0 Å². The molecule has 3 heterocycles. The molecule has 8 heteroatoms. The van der Waals surface area contributed by atoms with E-state index in [1.54, 1.807) is 32.7 Å². The fraction of sp³-hybridized carbons (Fsp3) is 0.214. The SMILES string of the molecule is COc1cc(/C=c2\sc3n(c2=O)C(c2cccs2)C2=C(N=3)c3ccccc3CC2)cc(OC)c1OC. The molecule has 36 heavy (non-hydrogen) atoms. The summed E-state index contributed by atoms with van der Waals surface area (Å²) in [7, 11) is 4.74. The molecule has 1 aliphatic carbocycles. The molecule has 2 aromatic carbocycles. The van der Waals surface area contributed by atoms with E-state index in [1.807, 2.05) is 28.8 Å². The number of methoxy groups -OCH3 is 3. The summed E-state index contributed by atoms with van der Waals surface area (Å²) >= 11 is 3.09. The van der Waals surface area contributed by atoms with Crippen molar-refractivity contribution >= 4 is 34.4 Å². The fourth-order valence-corrected chi connectivity index (χ4v) is 6.90. The molecule has 0 saturated heterocycles. The third-order valence-corrected chi connectivity index (χ3v) is 8.58. The van der Waals surface area contributed by atoms with Gasteiger partial charge >= 0.3 is 0 Å². The number of rotatable bonds is 5. The minimum absolute atomic E-state index is 0.0451. The van der Waals surface area contributed by atoms with E-state index >= 15 is 0 Å². The van der Waals surface area contributed by atoms with Crippen molar-refractivity contribution in [3.05, 3.63) is 101 Å². The Labute approximate surface area is 216 Å². The van der Waals surface area contributed by atoms with Crippen LogP contribution in [0.3, 0.4) is 0 Å². The molecule has 6 nitrogen and oxygen atoms in total. The summed E-state index contributed by atoms with van der Waals surface area (Å²) in [5.74, 6) is 1.60. The van der Waals surface area contributed by atoms with Gasteiger partial charge in [-0.25, -0.2) is 4.99 Å². The van der Waals surface area contributed by atoms with Gasteiger partial charge in [-0.05, 0) is 59.2 Å². The van der Waals surface area contributed by atoms with E-state index in [9.17, 15) is 4.79 Å². The van der Waals surface area contributed by atoms with Gasteiger partial charge in [-0.15, -0.1) is 11.3 Å². The van der Waals surface area contributed by atoms with Crippen molar-refractivity contribution in [2.75, 3.05) is 21.3 Å². The second-order valence-corrected chi connectivity index (χ2v) is 10.6. The highest BCUT2D eigenvalue weighted by Crippen LogP contribution is 2.42. The zero-order valence-electron chi connectivity index (χ0n) is 20.1. The largest absolute Gasteiger partial charge is 0.493 e. The van der Waals surface area contributed by atoms with Gasteiger partial charge in [-0.1, -0.05) is 41.7 Å². The molecule has 1 atom stereocenters. The number of fused-ring (bicyclic) bond motifs is 3. The molecule has 0 amide bonds. The summed E-state index contributed by atoms with van der Waals surface area (Å²) < 4.78 is 18.9. The highest BCUT2D eigenvalue weighted by atomic mass is 32.1. The van der Waals surface area contributed by atoms with Gasteiger partial charge in [0.25, 0.3) is 5.56 Å². The number of aromatic nitrogens is 1. The van der Waals surface area contributed by atoms with E-state index in [2.05, 4.69) is 35.7 Å².